The van der Waals surface area contributed by atoms with Gasteiger partial charge in [0, 0.05) is 45.3 Å². The van der Waals surface area contributed by atoms with Gasteiger partial charge in [0.1, 0.15) is 0 Å². The van der Waals surface area contributed by atoms with Gasteiger partial charge in [-0.2, -0.15) is 0 Å². The number of nitrogens with zero attached hydrogens (tertiary/aromatic N) is 2. The van der Waals surface area contributed by atoms with Gasteiger partial charge in [-0.3, -0.25) is 9.69 Å². The van der Waals surface area contributed by atoms with Gasteiger partial charge in [-0.1, -0.05) is 31.2 Å². The van der Waals surface area contributed by atoms with Crippen LogP contribution in [-0.4, -0.2) is 61.0 Å². The second kappa shape index (κ2) is 7.65. The minimum absolute atomic E-state index is 0. The van der Waals surface area contributed by atoms with Crippen molar-refractivity contribution in [1.82, 2.24) is 15.1 Å². The number of amides is 1. The van der Waals surface area contributed by atoms with E-state index >= 15 is 0 Å². The van der Waals surface area contributed by atoms with Gasteiger partial charge in [0.15, 0.2) is 0 Å². The Kier molecular flexibility index (Phi) is 5.71. The predicted molar refractivity (Wildman–Crippen MR) is 103 cm³/mol. The first-order valence-corrected chi connectivity index (χ1v) is 9.47. The van der Waals surface area contributed by atoms with E-state index in [0.29, 0.717) is 11.9 Å². The third-order valence-corrected chi connectivity index (χ3v) is 6.28. The Morgan fingerprint density at radius 2 is 1.88 bits per heavy atom. The van der Waals surface area contributed by atoms with Gasteiger partial charge in [-0.25, -0.2) is 0 Å². The van der Waals surface area contributed by atoms with Crippen LogP contribution in [0.5, 0.6) is 0 Å². The lowest BCUT2D eigenvalue weighted by Gasteiger charge is -2.37. The van der Waals surface area contributed by atoms with Crippen LogP contribution in [0.4, 0.5) is 0 Å². The highest BCUT2D eigenvalue weighted by atomic mass is 35.5. The standard InChI is InChI=1S/C20H29N3O.ClH/c1-20(8-6-16-4-2-3-5-17(16)14-20)19(24)23-11-7-18(15-23)22-12-9-21-10-13-22;/h2-5,18,21H,6-15H2,1H3;1H. The van der Waals surface area contributed by atoms with E-state index in [1.54, 1.807) is 0 Å². The number of hydrogen-bond donors (Lipinski definition) is 1. The topological polar surface area (TPSA) is 35.6 Å². The summed E-state index contributed by atoms with van der Waals surface area (Å²) in [5.41, 5.74) is 2.59. The zero-order valence-corrected chi connectivity index (χ0v) is 16.0. The highest BCUT2D eigenvalue weighted by Crippen LogP contribution is 2.37. The summed E-state index contributed by atoms with van der Waals surface area (Å²) in [6.45, 7) is 8.46. The predicted octanol–water partition coefficient (Wildman–Crippen LogP) is 2.11. The molecule has 0 bridgehead atoms. The Morgan fingerprint density at radius 3 is 2.64 bits per heavy atom. The summed E-state index contributed by atoms with van der Waals surface area (Å²) in [7, 11) is 0. The summed E-state index contributed by atoms with van der Waals surface area (Å²) in [5.74, 6) is 0.384. The van der Waals surface area contributed by atoms with E-state index in [4.69, 9.17) is 0 Å². The maximum absolute atomic E-state index is 13.3. The summed E-state index contributed by atoms with van der Waals surface area (Å²) in [6.07, 6.45) is 4.06. The Morgan fingerprint density at radius 1 is 1.16 bits per heavy atom. The van der Waals surface area contributed by atoms with E-state index in [2.05, 4.69) is 46.3 Å². The fourth-order valence-electron chi connectivity index (χ4n) is 4.73. The number of nitrogens with one attached hydrogen (secondary N) is 1. The minimum atomic E-state index is -0.216. The van der Waals surface area contributed by atoms with Crippen molar-refractivity contribution >= 4 is 18.3 Å². The molecule has 1 N–H and O–H groups in total. The van der Waals surface area contributed by atoms with Crippen LogP contribution in [0.3, 0.4) is 0 Å². The third kappa shape index (κ3) is 3.71. The molecule has 0 saturated carbocycles. The molecule has 2 atom stereocenters. The quantitative estimate of drug-likeness (QED) is 0.874. The van der Waals surface area contributed by atoms with Crippen LogP contribution in [0, 0.1) is 5.41 Å². The molecule has 0 spiro atoms. The molecule has 2 saturated heterocycles. The van der Waals surface area contributed by atoms with E-state index < -0.39 is 0 Å². The van der Waals surface area contributed by atoms with Gasteiger partial charge in [0.2, 0.25) is 5.91 Å². The molecule has 1 amide bonds. The van der Waals surface area contributed by atoms with Crippen molar-refractivity contribution < 1.29 is 4.79 Å². The van der Waals surface area contributed by atoms with Gasteiger partial charge in [0.05, 0.1) is 5.41 Å². The second-order valence-corrected chi connectivity index (χ2v) is 7.99. The van der Waals surface area contributed by atoms with Crippen molar-refractivity contribution in [3.05, 3.63) is 35.4 Å². The molecule has 5 heteroatoms. The number of piperazine rings is 1. The summed E-state index contributed by atoms with van der Waals surface area (Å²) in [6, 6.07) is 9.20. The molecule has 1 aliphatic carbocycles. The van der Waals surface area contributed by atoms with Crippen LogP contribution in [0.1, 0.15) is 30.9 Å². The fourth-order valence-corrected chi connectivity index (χ4v) is 4.73. The largest absolute Gasteiger partial charge is 0.341 e. The Bertz CT molecular complexity index is 617. The molecule has 3 aliphatic rings. The molecule has 2 aliphatic heterocycles. The van der Waals surface area contributed by atoms with E-state index in [0.717, 1.165) is 65.0 Å². The molecular weight excluding hydrogens is 334 g/mol. The number of carbonyl (C=O) groups excluding carboxylic acids is 1. The number of aryl methyl sites for hydroxylation is 1. The summed E-state index contributed by atoms with van der Waals surface area (Å²) in [4.78, 5) is 18.0. The molecule has 138 valence electrons. The minimum Gasteiger partial charge on any atom is -0.341 e. The molecule has 2 heterocycles. The number of likely N-dealkylation sites (tertiary alicyclic amines) is 1. The summed E-state index contributed by atoms with van der Waals surface area (Å²) >= 11 is 0. The average molecular weight is 364 g/mol. The van der Waals surface area contributed by atoms with Gasteiger partial charge in [-0.05, 0) is 36.8 Å². The van der Waals surface area contributed by atoms with Gasteiger partial charge in [-0.15, -0.1) is 12.4 Å². The van der Waals surface area contributed by atoms with Crippen molar-refractivity contribution in [2.75, 3.05) is 39.3 Å². The van der Waals surface area contributed by atoms with E-state index in [1.807, 2.05) is 0 Å². The molecule has 0 radical (unpaired) electrons. The van der Waals surface area contributed by atoms with E-state index in [1.165, 1.54) is 11.1 Å². The average Bonchev–Trinajstić information content (AvgIpc) is 3.11. The van der Waals surface area contributed by atoms with Crippen molar-refractivity contribution in [2.45, 2.75) is 38.6 Å². The number of halogens is 1. The number of carbonyl (C=O) groups is 1. The number of hydrogen-bond acceptors (Lipinski definition) is 3. The van der Waals surface area contributed by atoms with Crippen LogP contribution in [0.2, 0.25) is 0 Å². The Balaban J connectivity index is 0.00000182. The van der Waals surface area contributed by atoms with Crippen molar-refractivity contribution in [2.24, 2.45) is 5.41 Å². The molecule has 1 aromatic carbocycles. The number of benzene rings is 1. The fraction of sp³-hybridized carbons (Fsp3) is 0.650. The lowest BCUT2D eigenvalue weighted by Crippen LogP contribution is -2.50. The Labute approximate surface area is 157 Å². The number of fused-ring (bicyclic) bond motifs is 1. The van der Waals surface area contributed by atoms with E-state index in [9.17, 15) is 4.79 Å². The van der Waals surface area contributed by atoms with E-state index in [-0.39, 0.29) is 17.8 Å². The van der Waals surface area contributed by atoms with Crippen LogP contribution < -0.4 is 5.32 Å². The normalized spacial score (nSPS) is 29.8. The van der Waals surface area contributed by atoms with Crippen molar-refractivity contribution in [1.29, 1.82) is 0 Å². The highest BCUT2D eigenvalue weighted by Gasteiger charge is 2.42. The third-order valence-electron chi connectivity index (χ3n) is 6.28. The first kappa shape index (κ1) is 18.7. The highest BCUT2D eigenvalue weighted by molar-refractivity contribution is 5.85. The van der Waals surface area contributed by atoms with Crippen LogP contribution in [-0.2, 0) is 17.6 Å². The molecule has 4 nitrogen and oxygen atoms in total. The molecule has 25 heavy (non-hydrogen) atoms. The zero-order valence-electron chi connectivity index (χ0n) is 15.2. The van der Waals surface area contributed by atoms with Gasteiger partial charge >= 0.3 is 0 Å². The van der Waals surface area contributed by atoms with Crippen LogP contribution in [0.15, 0.2) is 24.3 Å². The maximum Gasteiger partial charge on any atom is 0.228 e. The molecular formula is C20H30ClN3O. The summed E-state index contributed by atoms with van der Waals surface area (Å²) in [5, 5.41) is 3.42. The second-order valence-electron chi connectivity index (χ2n) is 7.99. The van der Waals surface area contributed by atoms with Crippen molar-refractivity contribution in [3.8, 4) is 0 Å². The zero-order chi connectivity index (χ0) is 16.6. The monoisotopic (exact) mass is 363 g/mol. The molecule has 4 rings (SSSR count). The lowest BCUT2D eigenvalue weighted by atomic mass is 9.72. The smallest absolute Gasteiger partial charge is 0.228 e. The number of rotatable bonds is 2. The van der Waals surface area contributed by atoms with Crippen LogP contribution in [0.25, 0.3) is 0 Å². The van der Waals surface area contributed by atoms with Gasteiger partial charge < -0.3 is 10.2 Å². The van der Waals surface area contributed by atoms with Gasteiger partial charge in [0.25, 0.3) is 0 Å². The Hall–Kier alpha value is -1.10. The maximum atomic E-state index is 13.3. The van der Waals surface area contributed by atoms with Crippen LogP contribution >= 0.6 is 12.4 Å². The first-order chi connectivity index (χ1) is 11.7. The molecule has 2 fully saturated rings. The van der Waals surface area contributed by atoms with Crippen molar-refractivity contribution in [3.63, 3.8) is 0 Å². The first-order valence-electron chi connectivity index (χ1n) is 9.47. The molecule has 0 aromatic heterocycles. The summed E-state index contributed by atoms with van der Waals surface area (Å²) < 4.78 is 0. The SMILES string of the molecule is CC1(C(=O)N2CCC(N3CCNCC3)C2)CCc2ccccc2C1.Cl. The molecule has 1 aromatic rings. The lowest BCUT2D eigenvalue weighted by molar-refractivity contribution is -0.141. The molecule has 2 unspecified atom stereocenters.